The number of benzene rings is 3. The van der Waals surface area contributed by atoms with Crippen molar-refractivity contribution >= 4 is 62.6 Å². The van der Waals surface area contributed by atoms with E-state index in [-0.39, 0.29) is 57.5 Å². The molecule has 0 aliphatic carbocycles. The number of ether oxygens (including phenoxy) is 6. The van der Waals surface area contributed by atoms with Gasteiger partial charge in [0.25, 0.3) is 5.69 Å². The molecule has 14 heteroatoms. The molecule has 2 heterocycles. The first-order chi connectivity index (χ1) is 21.2. The SMILES string of the molecule is CCOc1cc(/C=C2/N=C(c3sc4cc([N+](=O)[O-])ccc4c3Cl)OC2=O)ccc1OC(=O)c1cc(OC)c(OC)c(OC)c1. The maximum Gasteiger partial charge on any atom is 0.363 e. The van der Waals surface area contributed by atoms with E-state index in [0.29, 0.717) is 26.3 Å². The van der Waals surface area contributed by atoms with Gasteiger partial charge in [-0.1, -0.05) is 17.7 Å². The fourth-order valence-corrected chi connectivity index (χ4v) is 5.77. The van der Waals surface area contributed by atoms with Crippen LogP contribution in [0.25, 0.3) is 16.2 Å². The van der Waals surface area contributed by atoms with Gasteiger partial charge in [-0.05, 0) is 48.9 Å². The number of halogens is 1. The molecule has 0 radical (unpaired) electrons. The molecule has 0 bridgehead atoms. The van der Waals surface area contributed by atoms with Crippen LogP contribution in [-0.2, 0) is 9.53 Å². The molecule has 0 amide bonds. The van der Waals surface area contributed by atoms with Crippen LogP contribution in [0.2, 0.25) is 5.02 Å². The number of esters is 2. The second kappa shape index (κ2) is 12.6. The van der Waals surface area contributed by atoms with Crippen LogP contribution >= 0.6 is 22.9 Å². The van der Waals surface area contributed by atoms with Gasteiger partial charge in [0.15, 0.2) is 28.7 Å². The highest BCUT2D eigenvalue weighted by Gasteiger charge is 2.29. The minimum Gasteiger partial charge on any atom is -0.493 e. The highest BCUT2D eigenvalue weighted by atomic mass is 35.5. The van der Waals surface area contributed by atoms with Crippen molar-refractivity contribution in [2.45, 2.75) is 6.92 Å². The van der Waals surface area contributed by atoms with E-state index in [1.165, 1.54) is 63.8 Å². The molecule has 12 nitrogen and oxygen atoms in total. The number of carbonyl (C=O) groups excluding carboxylic acids is 2. The second-order valence-corrected chi connectivity index (χ2v) is 10.4. The molecule has 1 aromatic heterocycles. The van der Waals surface area contributed by atoms with Gasteiger partial charge >= 0.3 is 11.9 Å². The number of hydrogen-bond donors (Lipinski definition) is 0. The van der Waals surface area contributed by atoms with Crippen molar-refractivity contribution in [3.63, 3.8) is 0 Å². The number of methoxy groups -OCH3 is 3. The van der Waals surface area contributed by atoms with Crippen LogP contribution in [0.5, 0.6) is 28.7 Å². The fourth-order valence-electron chi connectivity index (χ4n) is 4.29. The fraction of sp³-hybridized carbons (Fsp3) is 0.167. The van der Waals surface area contributed by atoms with Crippen LogP contribution in [0.3, 0.4) is 0 Å². The van der Waals surface area contributed by atoms with Crippen molar-refractivity contribution in [1.29, 1.82) is 0 Å². The predicted octanol–water partition coefficient (Wildman–Crippen LogP) is 6.45. The van der Waals surface area contributed by atoms with Crippen LogP contribution in [0.15, 0.2) is 59.2 Å². The summed E-state index contributed by atoms with van der Waals surface area (Å²) < 4.78 is 33.2. The van der Waals surface area contributed by atoms with E-state index in [1.807, 2.05) is 0 Å². The Bertz CT molecular complexity index is 1860. The Morgan fingerprint density at radius 2 is 1.75 bits per heavy atom. The van der Waals surface area contributed by atoms with E-state index >= 15 is 0 Å². The summed E-state index contributed by atoms with van der Waals surface area (Å²) in [5.41, 5.74) is 0.564. The zero-order valence-electron chi connectivity index (χ0n) is 23.7. The number of aliphatic imine (C=N–C) groups is 1. The van der Waals surface area contributed by atoms with Crippen molar-refractivity contribution in [1.82, 2.24) is 0 Å². The number of nitro benzene ring substituents is 1. The highest BCUT2D eigenvalue weighted by Crippen LogP contribution is 2.40. The molecule has 44 heavy (non-hydrogen) atoms. The van der Waals surface area contributed by atoms with Crippen LogP contribution < -0.4 is 23.7 Å². The smallest absolute Gasteiger partial charge is 0.363 e. The molecule has 5 rings (SSSR count). The lowest BCUT2D eigenvalue weighted by Crippen LogP contribution is -2.11. The maximum absolute atomic E-state index is 13.1. The van der Waals surface area contributed by atoms with E-state index < -0.39 is 16.9 Å². The number of hydrogen-bond acceptors (Lipinski definition) is 12. The molecule has 0 N–H and O–H groups in total. The lowest BCUT2D eigenvalue weighted by atomic mass is 10.1. The normalized spacial score (nSPS) is 13.4. The summed E-state index contributed by atoms with van der Waals surface area (Å²) >= 11 is 7.62. The first-order valence-electron chi connectivity index (χ1n) is 12.9. The third kappa shape index (κ3) is 5.87. The average Bonchev–Trinajstić information content (AvgIpc) is 3.55. The van der Waals surface area contributed by atoms with Crippen LogP contribution in [0.1, 0.15) is 27.7 Å². The molecule has 0 atom stereocenters. The summed E-state index contributed by atoms with van der Waals surface area (Å²) in [7, 11) is 4.33. The van der Waals surface area contributed by atoms with Crippen LogP contribution in [0, 0.1) is 10.1 Å². The number of cyclic esters (lactones) is 1. The molecular formula is C30H23ClN2O10S. The van der Waals surface area contributed by atoms with E-state index in [0.717, 1.165) is 11.3 Å². The largest absolute Gasteiger partial charge is 0.493 e. The quantitative estimate of drug-likeness (QED) is 0.0624. The summed E-state index contributed by atoms with van der Waals surface area (Å²) in [6, 6.07) is 11.9. The van der Waals surface area contributed by atoms with Gasteiger partial charge < -0.3 is 28.4 Å². The Balaban J connectivity index is 1.43. The number of nitro groups is 1. The number of nitrogens with zero attached hydrogens (tertiary/aromatic N) is 2. The van der Waals surface area contributed by atoms with Crippen LogP contribution in [-0.4, -0.2) is 50.7 Å². The molecule has 0 saturated heterocycles. The van der Waals surface area contributed by atoms with Crippen molar-refractivity contribution in [2.75, 3.05) is 27.9 Å². The number of non-ortho nitro benzene ring substituents is 1. The Morgan fingerprint density at radius 3 is 2.39 bits per heavy atom. The summed E-state index contributed by atoms with van der Waals surface area (Å²) in [6.07, 6.45) is 1.48. The van der Waals surface area contributed by atoms with Crippen molar-refractivity contribution in [3.05, 3.63) is 85.4 Å². The van der Waals surface area contributed by atoms with E-state index in [9.17, 15) is 19.7 Å². The van der Waals surface area contributed by atoms with E-state index in [1.54, 1.807) is 19.1 Å². The molecule has 3 aromatic carbocycles. The topological polar surface area (TPSA) is 145 Å². The van der Waals surface area contributed by atoms with Gasteiger partial charge in [-0.3, -0.25) is 10.1 Å². The molecule has 0 fully saturated rings. The van der Waals surface area contributed by atoms with Crippen molar-refractivity contribution in [3.8, 4) is 28.7 Å². The molecular weight excluding hydrogens is 616 g/mol. The van der Waals surface area contributed by atoms with Gasteiger partial charge in [-0.2, -0.15) is 0 Å². The predicted molar refractivity (Wildman–Crippen MR) is 163 cm³/mol. The molecule has 0 unspecified atom stereocenters. The highest BCUT2D eigenvalue weighted by molar-refractivity contribution is 7.21. The summed E-state index contributed by atoms with van der Waals surface area (Å²) in [4.78, 5) is 41.1. The minimum atomic E-state index is -0.713. The monoisotopic (exact) mass is 638 g/mol. The average molecular weight is 639 g/mol. The molecule has 0 spiro atoms. The second-order valence-electron chi connectivity index (χ2n) is 8.96. The summed E-state index contributed by atoms with van der Waals surface area (Å²) in [6.45, 7) is 2.03. The van der Waals surface area contributed by atoms with Gasteiger partial charge in [-0.15, -0.1) is 11.3 Å². The number of rotatable bonds is 10. The first kappa shape index (κ1) is 30.3. The summed E-state index contributed by atoms with van der Waals surface area (Å²) in [5, 5.41) is 12.0. The van der Waals surface area contributed by atoms with Crippen molar-refractivity contribution in [2.24, 2.45) is 4.99 Å². The van der Waals surface area contributed by atoms with E-state index in [4.69, 9.17) is 40.0 Å². The summed E-state index contributed by atoms with van der Waals surface area (Å²) in [5.74, 6) is -0.153. The van der Waals surface area contributed by atoms with Gasteiger partial charge in [0.1, 0.15) is 4.88 Å². The Hall–Kier alpha value is -5.14. The molecule has 0 saturated carbocycles. The maximum atomic E-state index is 13.1. The standard InChI is InChI=1S/C30H23ClN2O10S/c1-5-41-21-11-15(6-9-20(21)42-29(34)16-12-22(38-2)26(40-4)23(13-16)39-3)10-19-30(35)43-28(32-19)27-25(31)18-8-7-17(33(36)37)14-24(18)44-27/h6-14H,5H2,1-4H3/b19-10+. The van der Waals surface area contributed by atoms with Gasteiger partial charge in [0, 0.05) is 22.2 Å². The molecule has 4 aromatic rings. The zero-order valence-corrected chi connectivity index (χ0v) is 25.2. The molecule has 226 valence electrons. The minimum absolute atomic E-state index is 0.0101. The Kier molecular flexibility index (Phi) is 8.69. The Labute approximate surface area is 259 Å². The number of fused-ring (bicyclic) bond motifs is 1. The van der Waals surface area contributed by atoms with Gasteiger partial charge in [0.05, 0.1) is 43.4 Å². The van der Waals surface area contributed by atoms with Gasteiger partial charge in [-0.25, -0.2) is 14.6 Å². The lowest BCUT2D eigenvalue weighted by Gasteiger charge is -2.15. The molecule has 1 aliphatic rings. The number of thiophene rings is 1. The third-order valence-electron chi connectivity index (χ3n) is 6.31. The molecule has 1 aliphatic heterocycles. The van der Waals surface area contributed by atoms with Crippen LogP contribution in [0.4, 0.5) is 5.69 Å². The van der Waals surface area contributed by atoms with Crippen molar-refractivity contribution < 1.29 is 42.9 Å². The van der Waals surface area contributed by atoms with E-state index in [2.05, 4.69) is 4.99 Å². The number of carbonyl (C=O) groups is 2. The zero-order chi connectivity index (χ0) is 31.5. The first-order valence-corrected chi connectivity index (χ1v) is 14.0. The van der Waals surface area contributed by atoms with Gasteiger partial charge in [0.2, 0.25) is 11.6 Å². The lowest BCUT2D eigenvalue weighted by molar-refractivity contribution is -0.384. The Morgan fingerprint density at radius 1 is 1.02 bits per heavy atom. The third-order valence-corrected chi connectivity index (χ3v) is 7.96.